The van der Waals surface area contributed by atoms with Crippen molar-refractivity contribution < 1.29 is 14.3 Å². The molecule has 1 aliphatic heterocycles. The molecule has 160 valence electrons. The summed E-state index contributed by atoms with van der Waals surface area (Å²) in [7, 11) is 3.23. The van der Waals surface area contributed by atoms with Gasteiger partial charge in [0.25, 0.3) is 5.91 Å². The normalized spacial score (nSPS) is 18.1. The zero-order valence-corrected chi connectivity index (χ0v) is 18.6. The smallest absolute Gasteiger partial charge is 0.257 e. The average molecular weight is 435 g/mol. The van der Waals surface area contributed by atoms with Crippen LogP contribution in [0.3, 0.4) is 0 Å². The van der Waals surface area contributed by atoms with E-state index in [1.165, 1.54) is 4.88 Å². The van der Waals surface area contributed by atoms with Crippen LogP contribution in [0.1, 0.15) is 22.3 Å². The lowest BCUT2D eigenvalue weighted by atomic mass is 9.78. The fourth-order valence-electron chi connectivity index (χ4n) is 4.42. The summed E-state index contributed by atoms with van der Waals surface area (Å²) in [6, 6.07) is 19.6. The molecule has 5 nitrogen and oxygen atoms in total. The van der Waals surface area contributed by atoms with E-state index >= 15 is 0 Å². The Balaban J connectivity index is 1.64. The van der Waals surface area contributed by atoms with Crippen molar-refractivity contribution in [3.63, 3.8) is 0 Å². The first-order valence-corrected chi connectivity index (χ1v) is 11.2. The first-order chi connectivity index (χ1) is 15.1. The highest BCUT2D eigenvalue weighted by Crippen LogP contribution is 2.39. The molecule has 1 saturated heterocycles. The van der Waals surface area contributed by atoms with Gasteiger partial charge in [-0.3, -0.25) is 9.59 Å². The lowest BCUT2D eigenvalue weighted by Gasteiger charge is -2.28. The quantitative estimate of drug-likeness (QED) is 0.631. The van der Waals surface area contributed by atoms with Gasteiger partial charge in [-0.1, -0.05) is 42.5 Å². The lowest BCUT2D eigenvalue weighted by Crippen LogP contribution is -2.44. The number of nitrogens with zero attached hydrogens (tertiary/aromatic N) is 1. The maximum atomic E-state index is 13.2. The molecule has 0 unspecified atom stereocenters. The number of rotatable bonds is 6. The van der Waals surface area contributed by atoms with Crippen molar-refractivity contribution in [2.45, 2.75) is 12.8 Å². The third kappa shape index (κ3) is 4.08. The van der Waals surface area contributed by atoms with Crippen LogP contribution in [0.4, 0.5) is 0 Å². The molecule has 2 heterocycles. The zero-order chi connectivity index (χ0) is 21.8. The molecule has 0 bridgehead atoms. The maximum Gasteiger partial charge on any atom is 0.257 e. The summed E-state index contributed by atoms with van der Waals surface area (Å²) in [6.07, 6.45) is 1.20. The van der Waals surface area contributed by atoms with Gasteiger partial charge < -0.3 is 15.0 Å². The minimum atomic E-state index is -0.667. The summed E-state index contributed by atoms with van der Waals surface area (Å²) in [6.45, 7) is 0.911. The Morgan fingerprint density at radius 1 is 1.10 bits per heavy atom. The number of para-hydroxylation sites is 1. The zero-order valence-electron chi connectivity index (χ0n) is 17.8. The van der Waals surface area contributed by atoms with Crippen molar-refractivity contribution in [3.05, 3.63) is 77.2 Å². The van der Waals surface area contributed by atoms with Gasteiger partial charge in [0.1, 0.15) is 5.75 Å². The van der Waals surface area contributed by atoms with Crippen molar-refractivity contribution in [2.24, 2.45) is 5.41 Å². The molecule has 0 radical (unpaired) electrons. The first-order valence-electron chi connectivity index (χ1n) is 10.3. The minimum absolute atomic E-state index is 0.0243. The Morgan fingerprint density at radius 2 is 1.87 bits per heavy atom. The molecule has 1 fully saturated rings. The van der Waals surface area contributed by atoms with Gasteiger partial charge in [0, 0.05) is 25.0 Å². The predicted molar refractivity (Wildman–Crippen MR) is 123 cm³/mol. The molecule has 1 aromatic heterocycles. The largest absolute Gasteiger partial charge is 0.496 e. The summed E-state index contributed by atoms with van der Waals surface area (Å²) in [4.78, 5) is 29.3. The number of amides is 2. The van der Waals surface area contributed by atoms with Gasteiger partial charge in [0.15, 0.2) is 0 Å². The fourth-order valence-corrected chi connectivity index (χ4v) is 5.21. The van der Waals surface area contributed by atoms with Gasteiger partial charge in [-0.15, -0.1) is 11.3 Å². The Labute approximate surface area is 186 Å². The van der Waals surface area contributed by atoms with E-state index in [1.807, 2.05) is 30.3 Å². The Kier molecular flexibility index (Phi) is 6.09. The van der Waals surface area contributed by atoms with E-state index in [0.717, 1.165) is 11.1 Å². The number of hydrogen-bond acceptors (Lipinski definition) is 4. The second kappa shape index (κ2) is 8.94. The minimum Gasteiger partial charge on any atom is -0.496 e. The Morgan fingerprint density at radius 3 is 2.61 bits per heavy atom. The van der Waals surface area contributed by atoms with E-state index in [2.05, 4.69) is 28.9 Å². The third-order valence-electron chi connectivity index (χ3n) is 6.02. The van der Waals surface area contributed by atoms with Gasteiger partial charge >= 0.3 is 0 Å². The number of thiophene rings is 1. The van der Waals surface area contributed by atoms with Crippen LogP contribution < -0.4 is 10.1 Å². The van der Waals surface area contributed by atoms with Crippen LogP contribution in [0.5, 0.6) is 5.75 Å². The summed E-state index contributed by atoms with van der Waals surface area (Å²) >= 11 is 1.69. The van der Waals surface area contributed by atoms with Crippen molar-refractivity contribution in [2.75, 3.05) is 27.2 Å². The summed E-state index contributed by atoms with van der Waals surface area (Å²) in [5.74, 6) is 0.423. The summed E-state index contributed by atoms with van der Waals surface area (Å²) in [5, 5.41) is 4.90. The molecular weight excluding hydrogens is 408 g/mol. The molecule has 1 aliphatic rings. The number of methoxy groups -OCH3 is 1. The molecule has 2 aromatic carbocycles. The topological polar surface area (TPSA) is 58.6 Å². The van der Waals surface area contributed by atoms with Crippen LogP contribution in [0.25, 0.3) is 10.4 Å². The van der Waals surface area contributed by atoms with Gasteiger partial charge in [-0.2, -0.15) is 0 Å². The average Bonchev–Trinajstić information content (AvgIpc) is 3.49. The monoisotopic (exact) mass is 434 g/mol. The summed E-state index contributed by atoms with van der Waals surface area (Å²) < 4.78 is 5.37. The fraction of sp³-hybridized carbons (Fsp3) is 0.280. The second-order valence-corrected chi connectivity index (χ2v) is 8.80. The Bertz CT molecular complexity index is 1080. The van der Waals surface area contributed by atoms with Crippen LogP contribution >= 0.6 is 11.3 Å². The second-order valence-electron chi connectivity index (χ2n) is 7.85. The van der Waals surface area contributed by atoms with Crippen molar-refractivity contribution >= 4 is 23.2 Å². The molecule has 3 aromatic rings. The van der Waals surface area contributed by atoms with E-state index < -0.39 is 5.41 Å². The van der Waals surface area contributed by atoms with Crippen LogP contribution in [0.15, 0.2) is 66.0 Å². The first kappa shape index (κ1) is 21.1. The summed E-state index contributed by atoms with van der Waals surface area (Å²) in [5.41, 5.74) is 2.13. The van der Waals surface area contributed by atoms with Crippen LogP contribution in [-0.2, 0) is 11.2 Å². The Hall–Kier alpha value is -3.12. The van der Waals surface area contributed by atoms with Gasteiger partial charge in [0.2, 0.25) is 5.91 Å². The van der Waals surface area contributed by atoms with Crippen molar-refractivity contribution in [1.82, 2.24) is 10.2 Å². The number of carbonyl (C=O) groups is 2. The molecule has 31 heavy (non-hydrogen) atoms. The van der Waals surface area contributed by atoms with E-state index in [0.29, 0.717) is 37.2 Å². The number of likely N-dealkylation sites (tertiary alicyclic amines) is 1. The van der Waals surface area contributed by atoms with Gasteiger partial charge in [0.05, 0.1) is 18.1 Å². The predicted octanol–water partition coefficient (Wildman–Crippen LogP) is 4.24. The molecule has 0 saturated carbocycles. The van der Waals surface area contributed by atoms with E-state index in [1.54, 1.807) is 42.5 Å². The maximum absolute atomic E-state index is 13.2. The highest BCUT2D eigenvalue weighted by Gasteiger charge is 2.46. The molecule has 1 N–H and O–H groups in total. The molecule has 0 aliphatic carbocycles. The molecular formula is C25H26N2O3S. The highest BCUT2D eigenvalue weighted by molar-refractivity contribution is 7.13. The van der Waals surface area contributed by atoms with Gasteiger partial charge in [-0.05, 0) is 47.5 Å². The number of benzene rings is 2. The SMILES string of the molecule is CNC(=O)[C@]1(Cc2ccccc2-c2cccs2)CCN(C(=O)c2ccccc2OC)C1. The van der Waals surface area contributed by atoms with E-state index in [-0.39, 0.29) is 11.8 Å². The number of ether oxygens (including phenoxy) is 1. The number of hydrogen-bond donors (Lipinski definition) is 1. The van der Waals surface area contributed by atoms with E-state index in [9.17, 15) is 9.59 Å². The molecule has 2 amide bonds. The van der Waals surface area contributed by atoms with Crippen LogP contribution in [0, 0.1) is 5.41 Å². The van der Waals surface area contributed by atoms with Crippen molar-refractivity contribution in [3.8, 4) is 16.2 Å². The highest BCUT2D eigenvalue weighted by atomic mass is 32.1. The van der Waals surface area contributed by atoms with Crippen molar-refractivity contribution in [1.29, 1.82) is 0 Å². The third-order valence-corrected chi connectivity index (χ3v) is 6.92. The van der Waals surface area contributed by atoms with E-state index in [4.69, 9.17) is 4.74 Å². The molecule has 6 heteroatoms. The molecule has 1 atom stereocenters. The van der Waals surface area contributed by atoms with Crippen LogP contribution in [0.2, 0.25) is 0 Å². The lowest BCUT2D eigenvalue weighted by molar-refractivity contribution is -0.129. The molecule has 4 rings (SSSR count). The standard InChI is InChI=1S/C25H26N2O3S/c1-26-24(29)25(16-18-8-3-4-9-19(18)22-12-7-15-31-22)13-14-27(17-25)23(28)20-10-5-6-11-21(20)30-2/h3-12,15H,13-14,16-17H2,1-2H3,(H,26,29)/t25-/m0/s1. The number of nitrogens with one attached hydrogen (secondary N) is 1. The number of carbonyl (C=O) groups excluding carboxylic acids is 2. The van der Waals surface area contributed by atoms with Gasteiger partial charge in [-0.25, -0.2) is 0 Å². The molecule has 0 spiro atoms. The van der Waals surface area contributed by atoms with Crippen LogP contribution in [-0.4, -0.2) is 44.0 Å².